The van der Waals surface area contributed by atoms with E-state index in [0.29, 0.717) is 30.3 Å². The lowest BCUT2D eigenvalue weighted by atomic mass is 10.2. The summed E-state index contributed by atoms with van der Waals surface area (Å²) >= 11 is 0. The Balaban J connectivity index is 1.74. The molecular weight excluding hydrogens is 364 g/mol. The van der Waals surface area contributed by atoms with E-state index in [2.05, 4.69) is 10.4 Å². The normalized spacial score (nSPS) is 13.3. The lowest BCUT2D eigenvalue weighted by molar-refractivity contribution is -0.117. The third-order valence-corrected chi connectivity index (χ3v) is 4.41. The maximum absolute atomic E-state index is 12.4. The van der Waals surface area contributed by atoms with E-state index in [0.717, 1.165) is 17.5 Å². The molecule has 0 spiro atoms. The summed E-state index contributed by atoms with van der Waals surface area (Å²) in [5.74, 6) is 0.339. The van der Waals surface area contributed by atoms with E-state index < -0.39 is 11.5 Å². The molecule has 1 aliphatic heterocycles. The fourth-order valence-electron chi connectivity index (χ4n) is 2.97. The van der Waals surface area contributed by atoms with Crippen LogP contribution < -0.4 is 20.3 Å². The number of carbonyl (C=O) groups is 2. The highest BCUT2D eigenvalue weighted by Crippen LogP contribution is 2.25. The molecule has 1 aliphatic rings. The molecule has 1 N–H and O–H groups in total. The van der Waals surface area contributed by atoms with Crippen molar-refractivity contribution in [2.75, 3.05) is 32.6 Å². The molecule has 9 nitrogen and oxygen atoms in total. The van der Waals surface area contributed by atoms with Crippen LogP contribution in [0.4, 0.5) is 5.69 Å². The van der Waals surface area contributed by atoms with Crippen LogP contribution in [0.25, 0.3) is 0 Å². The van der Waals surface area contributed by atoms with Gasteiger partial charge in [-0.2, -0.15) is 5.10 Å². The zero-order valence-electron chi connectivity index (χ0n) is 15.8. The summed E-state index contributed by atoms with van der Waals surface area (Å²) in [7, 11) is 3.01. The predicted molar refractivity (Wildman–Crippen MR) is 102 cm³/mol. The van der Waals surface area contributed by atoms with Crippen LogP contribution in [0.1, 0.15) is 23.3 Å². The maximum atomic E-state index is 12.4. The van der Waals surface area contributed by atoms with Crippen LogP contribution in [-0.4, -0.2) is 53.8 Å². The van der Waals surface area contributed by atoms with Gasteiger partial charge < -0.3 is 19.7 Å². The van der Waals surface area contributed by atoms with Crippen molar-refractivity contribution in [1.29, 1.82) is 0 Å². The number of amides is 2. The van der Waals surface area contributed by atoms with Crippen LogP contribution in [0.2, 0.25) is 0 Å². The Labute approximate surface area is 161 Å². The third kappa shape index (κ3) is 4.48. The molecule has 2 amide bonds. The topological polar surface area (TPSA) is 103 Å². The SMILES string of the molecule is COc1cc(NC(=O)Cn2nc(C(=O)N3CCCC3)ccc2=O)cc(OC)c1. The molecule has 1 aromatic heterocycles. The lowest BCUT2D eigenvalue weighted by Crippen LogP contribution is -2.34. The average Bonchev–Trinajstić information content (AvgIpc) is 3.23. The zero-order valence-corrected chi connectivity index (χ0v) is 15.8. The number of hydrogen-bond acceptors (Lipinski definition) is 6. The molecule has 0 atom stereocenters. The van der Waals surface area contributed by atoms with Gasteiger partial charge in [0.1, 0.15) is 23.7 Å². The Morgan fingerprint density at radius 1 is 1.07 bits per heavy atom. The summed E-state index contributed by atoms with van der Waals surface area (Å²) < 4.78 is 11.3. The van der Waals surface area contributed by atoms with Gasteiger partial charge in [0.05, 0.1) is 14.2 Å². The molecule has 9 heteroatoms. The van der Waals surface area contributed by atoms with Crippen molar-refractivity contribution in [3.63, 3.8) is 0 Å². The third-order valence-electron chi connectivity index (χ3n) is 4.41. The minimum atomic E-state index is -0.462. The number of ether oxygens (including phenoxy) is 2. The lowest BCUT2D eigenvalue weighted by Gasteiger charge is -2.15. The first kappa shape index (κ1) is 19.4. The van der Waals surface area contributed by atoms with Crippen LogP contribution in [0.5, 0.6) is 11.5 Å². The maximum Gasteiger partial charge on any atom is 0.274 e. The van der Waals surface area contributed by atoms with Gasteiger partial charge in [0, 0.05) is 43.0 Å². The quantitative estimate of drug-likeness (QED) is 0.799. The first-order valence-electron chi connectivity index (χ1n) is 8.90. The van der Waals surface area contributed by atoms with Gasteiger partial charge >= 0.3 is 0 Å². The molecular formula is C19H22N4O5. The molecule has 1 aromatic carbocycles. The van der Waals surface area contributed by atoms with E-state index in [-0.39, 0.29) is 18.1 Å². The molecule has 3 rings (SSSR count). The van der Waals surface area contributed by atoms with Crippen LogP contribution in [0.15, 0.2) is 35.1 Å². The highest BCUT2D eigenvalue weighted by atomic mass is 16.5. The number of anilines is 1. The van der Waals surface area contributed by atoms with Crippen molar-refractivity contribution in [3.05, 3.63) is 46.4 Å². The number of nitrogens with one attached hydrogen (secondary N) is 1. The van der Waals surface area contributed by atoms with E-state index in [9.17, 15) is 14.4 Å². The van der Waals surface area contributed by atoms with Crippen LogP contribution in [-0.2, 0) is 11.3 Å². The van der Waals surface area contributed by atoms with Gasteiger partial charge in [-0.25, -0.2) is 4.68 Å². The first-order valence-corrected chi connectivity index (χ1v) is 8.90. The molecule has 0 saturated carbocycles. The smallest absolute Gasteiger partial charge is 0.274 e. The predicted octanol–water partition coefficient (Wildman–Crippen LogP) is 1.14. The van der Waals surface area contributed by atoms with Gasteiger partial charge in [-0.3, -0.25) is 14.4 Å². The van der Waals surface area contributed by atoms with E-state index >= 15 is 0 Å². The second kappa shape index (κ2) is 8.55. The summed E-state index contributed by atoms with van der Waals surface area (Å²) in [5, 5.41) is 6.75. The summed E-state index contributed by atoms with van der Waals surface area (Å²) in [5.41, 5.74) is 0.146. The molecule has 1 saturated heterocycles. The Kier molecular flexibility index (Phi) is 5.93. The Hall–Kier alpha value is -3.36. The number of likely N-dealkylation sites (tertiary alicyclic amines) is 1. The van der Waals surface area contributed by atoms with Crippen LogP contribution in [0, 0.1) is 0 Å². The average molecular weight is 386 g/mol. The fraction of sp³-hybridized carbons (Fsp3) is 0.368. The van der Waals surface area contributed by atoms with Gasteiger partial charge in [0.15, 0.2) is 0 Å². The van der Waals surface area contributed by atoms with E-state index in [1.165, 1.54) is 26.4 Å². The summed E-state index contributed by atoms with van der Waals surface area (Å²) in [6.45, 7) is 1.04. The van der Waals surface area contributed by atoms with Crippen molar-refractivity contribution >= 4 is 17.5 Å². The zero-order chi connectivity index (χ0) is 20.1. The number of carbonyl (C=O) groups excluding carboxylic acids is 2. The highest BCUT2D eigenvalue weighted by molar-refractivity contribution is 5.93. The number of nitrogens with zero attached hydrogens (tertiary/aromatic N) is 3. The van der Waals surface area contributed by atoms with Crippen molar-refractivity contribution in [2.45, 2.75) is 19.4 Å². The molecule has 0 radical (unpaired) electrons. The second-order valence-electron chi connectivity index (χ2n) is 6.36. The summed E-state index contributed by atoms with van der Waals surface area (Å²) in [6.07, 6.45) is 1.91. The Morgan fingerprint density at radius 3 is 2.32 bits per heavy atom. The molecule has 0 aliphatic carbocycles. The highest BCUT2D eigenvalue weighted by Gasteiger charge is 2.21. The molecule has 2 heterocycles. The second-order valence-corrected chi connectivity index (χ2v) is 6.36. The molecule has 0 bridgehead atoms. The van der Waals surface area contributed by atoms with Gasteiger partial charge in [0.25, 0.3) is 11.5 Å². The monoisotopic (exact) mass is 386 g/mol. The molecule has 1 fully saturated rings. The number of rotatable bonds is 6. The number of hydrogen-bond donors (Lipinski definition) is 1. The summed E-state index contributed by atoms with van der Waals surface area (Å²) in [4.78, 5) is 38.6. The number of methoxy groups -OCH3 is 2. The molecule has 0 unspecified atom stereocenters. The van der Waals surface area contributed by atoms with Crippen LogP contribution in [0.3, 0.4) is 0 Å². The van der Waals surface area contributed by atoms with Crippen molar-refractivity contribution < 1.29 is 19.1 Å². The molecule has 28 heavy (non-hydrogen) atoms. The number of aromatic nitrogens is 2. The minimum absolute atomic E-state index is 0.150. The largest absolute Gasteiger partial charge is 0.497 e. The van der Waals surface area contributed by atoms with Crippen molar-refractivity contribution in [2.24, 2.45) is 0 Å². The van der Waals surface area contributed by atoms with E-state index in [4.69, 9.17) is 9.47 Å². The minimum Gasteiger partial charge on any atom is -0.497 e. The van der Waals surface area contributed by atoms with Gasteiger partial charge in [-0.1, -0.05) is 0 Å². The fourth-order valence-corrected chi connectivity index (χ4v) is 2.97. The van der Waals surface area contributed by atoms with Gasteiger partial charge in [-0.05, 0) is 18.9 Å². The van der Waals surface area contributed by atoms with Gasteiger partial charge in [-0.15, -0.1) is 0 Å². The Bertz CT molecular complexity index is 912. The van der Waals surface area contributed by atoms with Crippen molar-refractivity contribution in [1.82, 2.24) is 14.7 Å². The number of benzene rings is 1. The summed E-state index contributed by atoms with van der Waals surface area (Å²) in [6, 6.07) is 7.57. The first-order chi connectivity index (χ1) is 13.5. The molecule has 2 aromatic rings. The Morgan fingerprint density at radius 2 is 1.71 bits per heavy atom. The van der Waals surface area contributed by atoms with Crippen molar-refractivity contribution in [3.8, 4) is 11.5 Å². The van der Waals surface area contributed by atoms with E-state index in [1.54, 1.807) is 23.1 Å². The van der Waals surface area contributed by atoms with Crippen LogP contribution >= 0.6 is 0 Å². The standard InChI is InChI=1S/C19H22N4O5/c1-27-14-9-13(10-15(11-14)28-2)20-17(24)12-23-18(25)6-5-16(21-23)19(26)22-7-3-4-8-22/h5-6,9-11H,3-4,7-8,12H2,1-2H3,(H,20,24). The van der Waals surface area contributed by atoms with E-state index in [1.807, 2.05) is 0 Å². The van der Waals surface area contributed by atoms with Gasteiger partial charge in [0.2, 0.25) is 5.91 Å². The molecule has 148 valence electrons.